The number of carbonyl (C=O) groups excluding carboxylic acids is 2. The Kier molecular flexibility index (Phi) is 26.3. The molecule has 0 aliphatic heterocycles. The molecule has 0 fully saturated rings. The lowest BCUT2D eigenvalue weighted by Gasteiger charge is -2.43. The van der Waals surface area contributed by atoms with E-state index >= 15 is 0 Å². The summed E-state index contributed by atoms with van der Waals surface area (Å²) in [5.41, 5.74) is -0.149. The molecule has 0 aliphatic carbocycles. The molecule has 0 saturated carbocycles. The maximum Gasteiger partial charge on any atom is 0.249 e. The van der Waals surface area contributed by atoms with Crippen molar-refractivity contribution >= 4 is 11.8 Å². The fourth-order valence-corrected chi connectivity index (χ4v) is 6.20. The zero-order valence-electron chi connectivity index (χ0n) is 31.0. The van der Waals surface area contributed by atoms with Crippen molar-refractivity contribution in [2.24, 2.45) is 17.8 Å². The summed E-state index contributed by atoms with van der Waals surface area (Å²) in [5.74, 6) is 1.77. The predicted octanol–water partition coefficient (Wildman–Crippen LogP) is 9.68. The third-order valence-electron chi connectivity index (χ3n) is 9.99. The summed E-state index contributed by atoms with van der Waals surface area (Å²) in [6.45, 7) is 23.4. The van der Waals surface area contributed by atoms with Gasteiger partial charge in [0.15, 0.2) is 0 Å². The van der Waals surface area contributed by atoms with Gasteiger partial charge in [-0.25, -0.2) is 0 Å². The number of nitrogens with zero attached hydrogens (tertiary/aromatic N) is 2. The third-order valence-corrected chi connectivity index (χ3v) is 9.99. The van der Waals surface area contributed by atoms with Gasteiger partial charge < -0.3 is 19.3 Å². The van der Waals surface area contributed by atoms with E-state index in [0.29, 0.717) is 31.0 Å². The van der Waals surface area contributed by atoms with Crippen LogP contribution in [0.15, 0.2) is 0 Å². The van der Waals surface area contributed by atoms with Crippen LogP contribution in [0.1, 0.15) is 165 Å². The topological polar surface area (TPSA) is 59.1 Å². The Balaban J connectivity index is 5.14. The van der Waals surface area contributed by atoms with Gasteiger partial charge in [0, 0.05) is 25.2 Å². The number of unbranched alkanes of at least 4 members (excludes halogenated alkanes) is 4. The van der Waals surface area contributed by atoms with Crippen molar-refractivity contribution in [3.8, 4) is 0 Å². The average molecular weight is 625 g/mol. The Labute approximate surface area is 274 Å². The Morgan fingerprint density at radius 2 is 1.00 bits per heavy atom. The monoisotopic (exact) mass is 625 g/mol. The van der Waals surface area contributed by atoms with Crippen LogP contribution in [0, 0.1) is 17.8 Å². The number of hydrogen-bond acceptors (Lipinski definition) is 4. The highest BCUT2D eigenvalue weighted by Crippen LogP contribution is 2.29. The van der Waals surface area contributed by atoms with Gasteiger partial charge in [-0.15, -0.1) is 0 Å². The molecule has 0 aromatic carbocycles. The third kappa shape index (κ3) is 18.1. The molecule has 4 unspecified atom stereocenters. The highest BCUT2D eigenvalue weighted by Gasteiger charge is 2.34. The molecular formula is C38H76N2O4. The Hall–Kier alpha value is -1.14. The number of hydrogen-bond donors (Lipinski definition) is 0. The van der Waals surface area contributed by atoms with Gasteiger partial charge in [0.05, 0.1) is 13.2 Å². The lowest BCUT2D eigenvalue weighted by Crippen LogP contribution is -2.52. The van der Waals surface area contributed by atoms with Crippen molar-refractivity contribution in [2.45, 2.75) is 171 Å². The van der Waals surface area contributed by atoms with Crippen LogP contribution in [-0.2, 0) is 19.1 Å². The van der Waals surface area contributed by atoms with Gasteiger partial charge in [-0.1, -0.05) is 126 Å². The molecule has 0 spiro atoms. The molecule has 2 amide bonds. The van der Waals surface area contributed by atoms with Gasteiger partial charge in [0.25, 0.3) is 0 Å². The molecule has 0 N–H and O–H groups in total. The summed E-state index contributed by atoms with van der Waals surface area (Å²) in [5, 5.41) is 0. The molecule has 0 aromatic rings. The molecule has 6 heteroatoms. The second kappa shape index (κ2) is 27.0. The number of ether oxygens (including phenoxy) is 2. The molecule has 6 nitrogen and oxygen atoms in total. The highest BCUT2D eigenvalue weighted by molar-refractivity contribution is 5.78. The standard InChI is InChI=1S/C38H76N2O4/c1-10-18-22-33(14-5)28-39(29-34(15-6)23-19-11-2)36(41)31-43-26-27-44-32-37(42)40(30-35(16-7)24-20-12-3)38(9,17-8)25-21-13-4/h33-35H,10-32H2,1-9H3. The molecule has 0 aromatic heterocycles. The number of carbonyl (C=O) groups is 2. The van der Waals surface area contributed by atoms with Crippen LogP contribution in [0.3, 0.4) is 0 Å². The second-order valence-corrected chi connectivity index (χ2v) is 13.6. The van der Waals surface area contributed by atoms with Crippen LogP contribution >= 0.6 is 0 Å². The summed E-state index contributed by atoms with van der Waals surface area (Å²) in [6.07, 6.45) is 18.2. The fraction of sp³-hybridized carbons (Fsp3) is 0.947. The van der Waals surface area contributed by atoms with E-state index in [-0.39, 0.29) is 30.6 Å². The van der Waals surface area contributed by atoms with Crippen molar-refractivity contribution in [2.75, 3.05) is 46.1 Å². The predicted molar refractivity (Wildman–Crippen MR) is 188 cm³/mol. The van der Waals surface area contributed by atoms with Crippen LogP contribution in [-0.4, -0.2) is 73.2 Å². The van der Waals surface area contributed by atoms with E-state index in [4.69, 9.17) is 9.47 Å². The minimum Gasteiger partial charge on any atom is -0.369 e. The van der Waals surface area contributed by atoms with E-state index in [0.717, 1.165) is 64.6 Å². The van der Waals surface area contributed by atoms with Crippen LogP contribution in [0.4, 0.5) is 0 Å². The molecule has 262 valence electrons. The molecule has 4 atom stereocenters. The lowest BCUT2D eigenvalue weighted by molar-refractivity contribution is -0.145. The number of amides is 2. The highest BCUT2D eigenvalue weighted by atomic mass is 16.5. The van der Waals surface area contributed by atoms with Crippen molar-refractivity contribution in [3.63, 3.8) is 0 Å². The van der Waals surface area contributed by atoms with Crippen LogP contribution < -0.4 is 0 Å². The van der Waals surface area contributed by atoms with Gasteiger partial charge in [-0.2, -0.15) is 0 Å². The minimum atomic E-state index is -0.149. The van der Waals surface area contributed by atoms with Crippen molar-refractivity contribution in [1.82, 2.24) is 9.80 Å². The first-order chi connectivity index (χ1) is 21.2. The summed E-state index contributed by atoms with van der Waals surface area (Å²) >= 11 is 0. The zero-order valence-corrected chi connectivity index (χ0v) is 31.0. The quantitative estimate of drug-likeness (QED) is 0.0747. The van der Waals surface area contributed by atoms with Crippen LogP contribution in [0.2, 0.25) is 0 Å². The van der Waals surface area contributed by atoms with Crippen LogP contribution in [0.5, 0.6) is 0 Å². The summed E-state index contributed by atoms with van der Waals surface area (Å²) in [7, 11) is 0. The molecular weight excluding hydrogens is 548 g/mol. The fourth-order valence-electron chi connectivity index (χ4n) is 6.20. The van der Waals surface area contributed by atoms with Gasteiger partial charge >= 0.3 is 0 Å². The Morgan fingerprint density at radius 1 is 0.591 bits per heavy atom. The Morgan fingerprint density at radius 3 is 1.39 bits per heavy atom. The molecule has 0 saturated heterocycles. The SMILES string of the molecule is CCCCC(CC)CN(CC(CC)CCCC)C(=O)COCCOCC(=O)N(CC(CC)CCCC)C(C)(CC)CCCC. The van der Waals surface area contributed by atoms with E-state index in [1.807, 2.05) is 0 Å². The number of rotatable bonds is 30. The van der Waals surface area contributed by atoms with E-state index < -0.39 is 0 Å². The first-order valence-corrected chi connectivity index (χ1v) is 18.9. The van der Waals surface area contributed by atoms with Gasteiger partial charge in [0.2, 0.25) is 11.8 Å². The minimum absolute atomic E-state index is 0.0700. The van der Waals surface area contributed by atoms with E-state index in [9.17, 15) is 9.59 Å². The van der Waals surface area contributed by atoms with Crippen molar-refractivity contribution < 1.29 is 19.1 Å². The smallest absolute Gasteiger partial charge is 0.249 e. The summed E-state index contributed by atoms with van der Waals surface area (Å²) < 4.78 is 11.7. The summed E-state index contributed by atoms with van der Waals surface area (Å²) in [6, 6.07) is 0. The second-order valence-electron chi connectivity index (χ2n) is 13.6. The zero-order chi connectivity index (χ0) is 33.2. The first-order valence-electron chi connectivity index (χ1n) is 18.9. The van der Waals surface area contributed by atoms with Gasteiger partial charge in [-0.05, 0) is 56.8 Å². The molecule has 0 rings (SSSR count). The van der Waals surface area contributed by atoms with E-state index in [1.54, 1.807) is 0 Å². The normalized spacial score (nSPS) is 15.0. The van der Waals surface area contributed by atoms with Gasteiger partial charge in [-0.3, -0.25) is 9.59 Å². The maximum atomic E-state index is 13.6. The van der Waals surface area contributed by atoms with Crippen molar-refractivity contribution in [1.29, 1.82) is 0 Å². The molecule has 0 aliphatic rings. The van der Waals surface area contributed by atoms with E-state index in [1.165, 1.54) is 57.8 Å². The molecule has 44 heavy (non-hydrogen) atoms. The Bertz CT molecular complexity index is 684. The average Bonchev–Trinajstić information content (AvgIpc) is 3.04. The first kappa shape index (κ1) is 42.9. The lowest BCUT2D eigenvalue weighted by atomic mass is 9.87. The molecule has 0 heterocycles. The van der Waals surface area contributed by atoms with Crippen molar-refractivity contribution in [3.05, 3.63) is 0 Å². The van der Waals surface area contributed by atoms with Crippen LogP contribution in [0.25, 0.3) is 0 Å². The van der Waals surface area contributed by atoms with Gasteiger partial charge in [0.1, 0.15) is 13.2 Å². The molecule has 0 bridgehead atoms. The largest absolute Gasteiger partial charge is 0.369 e. The summed E-state index contributed by atoms with van der Waals surface area (Å²) in [4.78, 5) is 31.2. The van der Waals surface area contributed by atoms with E-state index in [2.05, 4.69) is 72.1 Å². The molecule has 0 radical (unpaired) electrons. The maximum absolute atomic E-state index is 13.6.